The van der Waals surface area contributed by atoms with Gasteiger partial charge in [-0.3, -0.25) is 4.79 Å². The minimum Gasteiger partial charge on any atom is -0.469 e. The molecule has 102 valence electrons. The lowest BCUT2D eigenvalue weighted by molar-refractivity contribution is -0.145. The number of rotatable bonds is 10. The summed E-state index contributed by atoms with van der Waals surface area (Å²) in [6.45, 7) is 6.03. The fourth-order valence-corrected chi connectivity index (χ4v) is 2.00. The van der Waals surface area contributed by atoms with Crippen molar-refractivity contribution in [1.29, 1.82) is 0 Å². The number of ether oxygens (including phenoxy) is 1. The number of esters is 1. The van der Waals surface area contributed by atoms with Crippen LogP contribution in [0.4, 0.5) is 0 Å². The maximum absolute atomic E-state index is 11.2. The SMILES string of the molecule is CCCCCCCCN(C)CC(C)C(=O)OC. The van der Waals surface area contributed by atoms with Crippen molar-refractivity contribution in [1.82, 2.24) is 4.90 Å². The molecule has 0 aromatic rings. The van der Waals surface area contributed by atoms with Crippen molar-refractivity contribution in [2.45, 2.75) is 52.4 Å². The Balaban J connectivity index is 3.46. The molecular weight excluding hydrogens is 214 g/mol. The lowest BCUT2D eigenvalue weighted by atomic mass is 10.1. The highest BCUT2D eigenvalue weighted by Gasteiger charge is 2.14. The third-order valence-corrected chi connectivity index (χ3v) is 3.08. The van der Waals surface area contributed by atoms with Gasteiger partial charge in [-0.2, -0.15) is 0 Å². The van der Waals surface area contributed by atoms with Gasteiger partial charge in [-0.15, -0.1) is 0 Å². The summed E-state index contributed by atoms with van der Waals surface area (Å²) in [6, 6.07) is 0. The molecule has 1 atom stereocenters. The third-order valence-electron chi connectivity index (χ3n) is 3.08. The molecule has 0 spiro atoms. The predicted octanol–water partition coefficient (Wildman–Crippen LogP) is 3.09. The minimum atomic E-state index is -0.111. The molecule has 0 heterocycles. The van der Waals surface area contributed by atoms with Gasteiger partial charge in [0.25, 0.3) is 0 Å². The Hall–Kier alpha value is -0.570. The molecule has 0 amide bonds. The maximum Gasteiger partial charge on any atom is 0.309 e. The van der Waals surface area contributed by atoms with Crippen LogP contribution >= 0.6 is 0 Å². The van der Waals surface area contributed by atoms with Gasteiger partial charge in [-0.05, 0) is 20.0 Å². The first-order valence-corrected chi connectivity index (χ1v) is 6.88. The molecule has 1 unspecified atom stereocenters. The van der Waals surface area contributed by atoms with Crippen LogP contribution in [0.25, 0.3) is 0 Å². The quantitative estimate of drug-likeness (QED) is 0.436. The van der Waals surface area contributed by atoms with Crippen molar-refractivity contribution in [2.75, 3.05) is 27.2 Å². The van der Waals surface area contributed by atoms with Crippen molar-refractivity contribution in [2.24, 2.45) is 5.92 Å². The van der Waals surface area contributed by atoms with Crippen molar-refractivity contribution in [3.8, 4) is 0 Å². The molecule has 0 aliphatic rings. The molecule has 0 rings (SSSR count). The lowest BCUT2D eigenvalue weighted by Crippen LogP contribution is -2.30. The van der Waals surface area contributed by atoms with Crippen LogP contribution in [0.15, 0.2) is 0 Å². The Morgan fingerprint density at radius 1 is 1.18 bits per heavy atom. The van der Waals surface area contributed by atoms with Gasteiger partial charge in [0.1, 0.15) is 0 Å². The van der Waals surface area contributed by atoms with Crippen LogP contribution in [-0.2, 0) is 9.53 Å². The van der Waals surface area contributed by atoms with Gasteiger partial charge in [-0.25, -0.2) is 0 Å². The van der Waals surface area contributed by atoms with E-state index in [1.54, 1.807) is 0 Å². The van der Waals surface area contributed by atoms with Crippen LogP contribution in [0.1, 0.15) is 52.4 Å². The average Bonchev–Trinajstić information content (AvgIpc) is 2.32. The number of methoxy groups -OCH3 is 1. The van der Waals surface area contributed by atoms with Crippen molar-refractivity contribution in [3.63, 3.8) is 0 Å². The third kappa shape index (κ3) is 9.16. The van der Waals surface area contributed by atoms with E-state index in [4.69, 9.17) is 4.74 Å². The number of unbranched alkanes of at least 4 members (excludes halogenated alkanes) is 5. The normalized spacial score (nSPS) is 12.8. The molecule has 3 heteroatoms. The first-order valence-electron chi connectivity index (χ1n) is 6.88. The smallest absolute Gasteiger partial charge is 0.309 e. The summed E-state index contributed by atoms with van der Waals surface area (Å²) in [5.41, 5.74) is 0. The predicted molar refractivity (Wildman–Crippen MR) is 72.1 cm³/mol. The second kappa shape index (κ2) is 10.6. The summed E-state index contributed by atoms with van der Waals surface area (Å²) >= 11 is 0. The Morgan fingerprint density at radius 2 is 1.76 bits per heavy atom. The zero-order chi connectivity index (χ0) is 13.1. The molecule has 0 bridgehead atoms. The first-order chi connectivity index (χ1) is 8.11. The average molecular weight is 243 g/mol. The number of nitrogens with zero attached hydrogens (tertiary/aromatic N) is 1. The van der Waals surface area contributed by atoms with Gasteiger partial charge in [0.15, 0.2) is 0 Å². The second-order valence-electron chi connectivity index (χ2n) is 4.95. The standard InChI is InChI=1S/C14H29NO2/c1-5-6-7-8-9-10-11-15(3)12-13(2)14(16)17-4/h13H,5-12H2,1-4H3. The van der Waals surface area contributed by atoms with E-state index >= 15 is 0 Å². The van der Waals surface area contributed by atoms with E-state index < -0.39 is 0 Å². The summed E-state index contributed by atoms with van der Waals surface area (Å²) in [7, 11) is 3.53. The lowest BCUT2D eigenvalue weighted by Gasteiger charge is -2.19. The van der Waals surface area contributed by atoms with Gasteiger partial charge in [-0.1, -0.05) is 46.0 Å². The van der Waals surface area contributed by atoms with Crippen LogP contribution in [0, 0.1) is 5.92 Å². The van der Waals surface area contributed by atoms with E-state index in [9.17, 15) is 4.79 Å². The molecule has 0 saturated carbocycles. The Bertz CT molecular complexity index is 195. The largest absolute Gasteiger partial charge is 0.469 e. The van der Waals surface area contributed by atoms with Crippen LogP contribution in [-0.4, -0.2) is 38.1 Å². The number of hydrogen-bond donors (Lipinski definition) is 0. The highest BCUT2D eigenvalue weighted by Crippen LogP contribution is 2.07. The molecular formula is C14H29NO2. The molecule has 0 saturated heterocycles. The molecule has 0 aliphatic heterocycles. The minimum absolute atomic E-state index is 0.0231. The molecule has 0 N–H and O–H groups in total. The van der Waals surface area contributed by atoms with Gasteiger partial charge in [0.2, 0.25) is 0 Å². The van der Waals surface area contributed by atoms with Gasteiger partial charge in [0.05, 0.1) is 13.0 Å². The van der Waals surface area contributed by atoms with Crippen LogP contribution in [0.5, 0.6) is 0 Å². The van der Waals surface area contributed by atoms with E-state index in [0.29, 0.717) is 0 Å². The van der Waals surface area contributed by atoms with Crippen molar-refractivity contribution in [3.05, 3.63) is 0 Å². The van der Waals surface area contributed by atoms with E-state index in [1.807, 2.05) is 6.92 Å². The van der Waals surface area contributed by atoms with Gasteiger partial charge < -0.3 is 9.64 Å². The Labute approximate surface area is 107 Å². The Kier molecular flexibility index (Phi) is 10.2. The molecule has 17 heavy (non-hydrogen) atoms. The number of hydrogen-bond acceptors (Lipinski definition) is 3. The highest BCUT2D eigenvalue weighted by molar-refractivity contribution is 5.71. The summed E-state index contributed by atoms with van der Waals surface area (Å²) in [5, 5.41) is 0. The fraction of sp³-hybridized carbons (Fsp3) is 0.929. The topological polar surface area (TPSA) is 29.5 Å². The summed E-state index contributed by atoms with van der Waals surface area (Å²) in [6.07, 6.45) is 7.89. The molecule has 0 aromatic heterocycles. The first kappa shape index (κ1) is 16.4. The summed E-state index contributed by atoms with van der Waals surface area (Å²) in [4.78, 5) is 13.5. The molecule has 0 fully saturated rings. The van der Waals surface area contributed by atoms with Gasteiger partial charge >= 0.3 is 5.97 Å². The van der Waals surface area contributed by atoms with Crippen molar-refractivity contribution < 1.29 is 9.53 Å². The zero-order valence-corrected chi connectivity index (χ0v) is 12.0. The second-order valence-corrected chi connectivity index (χ2v) is 4.95. The van der Waals surface area contributed by atoms with Crippen LogP contribution < -0.4 is 0 Å². The maximum atomic E-state index is 11.2. The van der Waals surface area contributed by atoms with Crippen LogP contribution in [0.2, 0.25) is 0 Å². The van der Waals surface area contributed by atoms with E-state index in [0.717, 1.165) is 13.1 Å². The van der Waals surface area contributed by atoms with E-state index in [2.05, 4.69) is 18.9 Å². The van der Waals surface area contributed by atoms with E-state index in [-0.39, 0.29) is 11.9 Å². The van der Waals surface area contributed by atoms with E-state index in [1.165, 1.54) is 45.6 Å². The number of carbonyl (C=O) groups excluding carboxylic acids is 1. The fourth-order valence-electron chi connectivity index (χ4n) is 2.00. The molecule has 0 aliphatic carbocycles. The highest BCUT2D eigenvalue weighted by atomic mass is 16.5. The molecule has 3 nitrogen and oxygen atoms in total. The molecule has 0 radical (unpaired) electrons. The molecule has 0 aromatic carbocycles. The Morgan fingerprint density at radius 3 is 2.35 bits per heavy atom. The monoisotopic (exact) mass is 243 g/mol. The van der Waals surface area contributed by atoms with Crippen LogP contribution in [0.3, 0.4) is 0 Å². The summed E-state index contributed by atoms with van der Waals surface area (Å²) < 4.78 is 4.72. The number of carbonyl (C=O) groups is 1. The zero-order valence-electron chi connectivity index (χ0n) is 12.0. The van der Waals surface area contributed by atoms with Gasteiger partial charge in [0, 0.05) is 6.54 Å². The van der Waals surface area contributed by atoms with Crippen molar-refractivity contribution >= 4 is 5.97 Å². The summed E-state index contributed by atoms with van der Waals surface area (Å²) in [5.74, 6) is -0.134.